The number of nitrogens with zero attached hydrogens (tertiary/aromatic N) is 1. The Bertz CT molecular complexity index is 535. The minimum atomic E-state index is -0.821. The Kier molecular flexibility index (Phi) is 5.05. The normalized spacial score (nSPS) is 18.3. The standard InChI is InChI=1S/C14H15BrClNO3/c15-12-3-2-11(16)7-9(12)1-4-13(18)17-6-5-10(8-17)14(19)20/h2-3,7,10H,1,4-6,8H2,(H,19,20). The van der Waals surface area contributed by atoms with Gasteiger partial charge in [-0.2, -0.15) is 0 Å². The maximum Gasteiger partial charge on any atom is 0.308 e. The zero-order valence-electron chi connectivity index (χ0n) is 10.8. The van der Waals surface area contributed by atoms with Gasteiger partial charge in [-0.1, -0.05) is 27.5 Å². The lowest BCUT2D eigenvalue weighted by atomic mass is 10.1. The number of carbonyl (C=O) groups is 2. The van der Waals surface area contributed by atoms with E-state index in [1.807, 2.05) is 12.1 Å². The highest BCUT2D eigenvalue weighted by Crippen LogP contribution is 2.23. The van der Waals surface area contributed by atoms with Gasteiger partial charge in [0.15, 0.2) is 0 Å². The van der Waals surface area contributed by atoms with Gasteiger partial charge in [0.2, 0.25) is 5.91 Å². The fraction of sp³-hybridized carbons (Fsp3) is 0.429. The van der Waals surface area contributed by atoms with Gasteiger partial charge in [-0.15, -0.1) is 0 Å². The van der Waals surface area contributed by atoms with Crippen molar-refractivity contribution in [2.75, 3.05) is 13.1 Å². The SMILES string of the molecule is O=C(O)C1CCN(C(=O)CCc2cc(Cl)ccc2Br)C1. The van der Waals surface area contributed by atoms with E-state index < -0.39 is 11.9 Å². The summed E-state index contributed by atoms with van der Waals surface area (Å²) in [7, 11) is 0. The quantitative estimate of drug-likeness (QED) is 0.898. The largest absolute Gasteiger partial charge is 0.481 e. The number of carboxylic acids is 1. The Morgan fingerprint density at radius 1 is 1.45 bits per heavy atom. The summed E-state index contributed by atoms with van der Waals surface area (Å²) in [5.41, 5.74) is 0.986. The van der Waals surface area contributed by atoms with E-state index >= 15 is 0 Å². The van der Waals surface area contributed by atoms with Crippen LogP contribution in [0.4, 0.5) is 0 Å². The molecule has 0 radical (unpaired) electrons. The van der Waals surface area contributed by atoms with Crippen molar-refractivity contribution in [1.82, 2.24) is 4.90 Å². The van der Waals surface area contributed by atoms with Gasteiger partial charge < -0.3 is 10.0 Å². The van der Waals surface area contributed by atoms with E-state index in [4.69, 9.17) is 16.7 Å². The van der Waals surface area contributed by atoms with Crippen LogP contribution in [-0.2, 0) is 16.0 Å². The molecule has 4 nitrogen and oxygen atoms in total. The molecule has 1 amide bonds. The van der Waals surface area contributed by atoms with Gasteiger partial charge in [-0.3, -0.25) is 9.59 Å². The molecule has 0 spiro atoms. The second-order valence-corrected chi connectivity index (χ2v) is 6.19. The number of aryl methyl sites for hydroxylation is 1. The molecule has 1 aliphatic rings. The molecule has 1 aliphatic heterocycles. The van der Waals surface area contributed by atoms with E-state index in [9.17, 15) is 9.59 Å². The van der Waals surface area contributed by atoms with E-state index in [2.05, 4.69) is 15.9 Å². The number of aliphatic carboxylic acids is 1. The van der Waals surface area contributed by atoms with Crippen molar-refractivity contribution in [3.8, 4) is 0 Å². The summed E-state index contributed by atoms with van der Waals surface area (Å²) < 4.78 is 0.930. The lowest BCUT2D eigenvalue weighted by Crippen LogP contribution is -2.30. The van der Waals surface area contributed by atoms with Crippen LogP contribution >= 0.6 is 27.5 Å². The van der Waals surface area contributed by atoms with Crippen molar-refractivity contribution >= 4 is 39.4 Å². The molecule has 0 bridgehead atoms. The number of amides is 1. The fourth-order valence-electron chi connectivity index (χ4n) is 2.32. The first-order valence-electron chi connectivity index (χ1n) is 6.42. The summed E-state index contributed by atoms with van der Waals surface area (Å²) in [5.74, 6) is -1.24. The molecule has 0 saturated carbocycles. The molecule has 1 heterocycles. The van der Waals surface area contributed by atoms with Crippen LogP contribution in [-0.4, -0.2) is 35.0 Å². The molecule has 2 rings (SSSR count). The Morgan fingerprint density at radius 2 is 2.20 bits per heavy atom. The zero-order valence-corrected chi connectivity index (χ0v) is 13.2. The number of carboxylic acid groups (broad SMARTS) is 1. The van der Waals surface area contributed by atoms with Crippen LogP contribution < -0.4 is 0 Å². The highest BCUT2D eigenvalue weighted by molar-refractivity contribution is 9.10. The predicted molar refractivity (Wildman–Crippen MR) is 79.8 cm³/mol. The summed E-state index contributed by atoms with van der Waals surface area (Å²) in [6.07, 6.45) is 1.50. The minimum Gasteiger partial charge on any atom is -0.481 e. The lowest BCUT2D eigenvalue weighted by molar-refractivity contribution is -0.141. The summed E-state index contributed by atoms with van der Waals surface area (Å²) in [6, 6.07) is 5.48. The monoisotopic (exact) mass is 359 g/mol. The maximum absolute atomic E-state index is 12.1. The van der Waals surface area contributed by atoms with E-state index in [-0.39, 0.29) is 5.91 Å². The van der Waals surface area contributed by atoms with Crippen LogP contribution in [0.2, 0.25) is 5.02 Å². The van der Waals surface area contributed by atoms with Gasteiger partial charge >= 0.3 is 5.97 Å². The van der Waals surface area contributed by atoms with Crippen molar-refractivity contribution < 1.29 is 14.7 Å². The van der Waals surface area contributed by atoms with Crippen LogP contribution in [0.1, 0.15) is 18.4 Å². The predicted octanol–water partition coefficient (Wildman–Crippen LogP) is 2.97. The number of likely N-dealkylation sites (tertiary alicyclic amines) is 1. The van der Waals surface area contributed by atoms with E-state index in [0.717, 1.165) is 10.0 Å². The molecule has 1 fully saturated rings. The molecule has 0 aromatic heterocycles. The molecular formula is C14H15BrClNO3. The van der Waals surface area contributed by atoms with Crippen molar-refractivity contribution in [2.24, 2.45) is 5.92 Å². The number of benzene rings is 1. The van der Waals surface area contributed by atoms with Crippen molar-refractivity contribution in [1.29, 1.82) is 0 Å². The second kappa shape index (κ2) is 6.59. The Balaban J connectivity index is 1.90. The maximum atomic E-state index is 12.1. The number of hydrogen-bond acceptors (Lipinski definition) is 2. The molecule has 1 saturated heterocycles. The topological polar surface area (TPSA) is 57.6 Å². The average Bonchev–Trinajstić information content (AvgIpc) is 2.89. The van der Waals surface area contributed by atoms with E-state index in [1.165, 1.54) is 0 Å². The van der Waals surface area contributed by atoms with Crippen molar-refractivity contribution in [2.45, 2.75) is 19.3 Å². The fourth-order valence-corrected chi connectivity index (χ4v) is 2.96. The molecule has 108 valence electrons. The first kappa shape index (κ1) is 15.3. The summed E-state index contributed by atoms with van der Waals surface area (Å²) in [6.45, 7) is 0.859. The van der Waals surface area contributed by atoms with Gasteiger partial charge in [0.05, 0.1) is 5.92 Å². The number of hydrogen-bond donors (Lipinski definition) is 1. The van der Waals surface area contributed by atoms with Gasteiger partial charge in [0.1, 0.15) is 0 Å². The summed E-state index contributed by atoms with van der Waals surface area (Å²) in [4.78, 5) is 24.6. The van der Waals surface area contributed by atoms with Crippen LogP contribution in [0, 0.1) is 5.92 Å². The summed E-state index contributed by atoms with van der Waals surface area (Å²) in [5, 5.41) is 9.57. The van der Waals surface area contributed by atoms with Gasteiger partial charge in [-0.25, -0.2) is 0 Å². The second-order valence-electron chi connectivity index (χ2n) is 4.90. The molecule has 6 heteroatoms. The van der Waals surface area contributed by atoms with Crippen molar-refractivity contribution in [3.05, 3.63) is 33.3 Å². The van der Waals surface area contributed by atoms with Gasteiger partial charge in [0, 0.05) is 29.0 Å². The molecule has 1 aromatic carbocycles. The third-order valence-corrected chi connectivity index (χ3v) is 4.51. The third-order valence-electron chi connectivity index (χ3n) is 3.51. The zero-order chi connectivity index (χ0) is 14.7. The first-order chi connectivity index (χ1) is 9.47. The van der Waals surface area contributed by atoms with Gasteiger partial charge in [-0.05, 0) is 36.6 Å². The molecule has 1 atom stereocenters. The van der Waals surface area contributed by atoms with Crippen LogP contribution in [0.15, 0.2) is 22.7 Å². The molecule has 1 N–H and O–H groups in total. The Morgan fingerprint density at radius 3 is 2.85 bits per heavy atom. The number of halogens is 2. The van der Waals surface area contributed by atoms with Crippen molar-refractivity contribution in [3.63, 3.8) is 0 Å². The Labute approximate surface area is 130 Å². The molecule has 1 unspecified atom stereocenters. The third kappa shape index (κ3) is 3.73. The minimum absolute atomic E-state index is 0.000579. The van der Waals surface area contributed by atoms with Crippen LogP contribution in [0.25, 0.3) is 0 Å². The number of rotatable bonds is 4. The number of carbonyl (C=O) groups excluding carboxylic acids is 1. The smallest absolute Gasteiger partial charge is 0.308 e. The van der Waals surface area contributed by atoms with Gasteiger partial charge in [0.25, 0.3) is 0 Å². The van der Waals surface area contributed by atoms with Crippen LogP contribution in [0.5, 0.6) is 0 Å². The van der Waals surface area contributed by atoms with E-state index in [1.54, 1.807) is 11.0 Å². The van der Waals surface area contributed by atoms with E-state index in [0.29, 0.717) is 37.4 Å². The highest BCUT2D eigenvalue weighted by atomic mass is 79.9. The van der Waals surface area contributed by atoms with Crippen LogP contribution in [0.3, 0.4) is 0 Å². The average molecular weight is 361 g/mol. The molecular weight excluding hydrogens is 346 g/mol. The molecule has 1 aromatic rings. The summed E-state index contributed by atoms with van der Waals surface area (Å²) >= 11 is 9.36. The molecule has 20 heavy (non-hydrogen) atoms. The first-order valence-corrected chi connectivity index (χ1v) is 7.59. The molecule has 0 aliphatic carbocycles. The Hall–Kier alpha value is -1.07. The highest BCUT2D eigenvalue weighted by Gasteiger charge is 2.30. The lowest BCUT2D eigenvalue weighted by Gasteiger charge is -2.16.